The zero-order valence-electron chi connectivity index (χ0n) is 6.74. The molecule has 0 bridgehead atoms. The van der Waals surface area contributed by atoms with Crippen molar-refractivity contribution in [1.29, 1.82) is 0 Å². The molecule has 0 aliphatic heterocycles. The van der Waals surface area contributed by atoms with Crippen molar-refractivity contribution in [1.82, 2.24) is 0 Å². The summed E-state index contributed by atoms with van der Waals surface area (Å²) in [6, 6.07) is 0. The average Bonchev–Trinajstić information content (AvgIpc) is 1.81. The molecule has 0 aliphatic carbocycles. The molecule has 58 valence electrons. The zero-order valence-corrected chi connectivity index (χ0v) is 9.74. The second kappa shape index (κ2) is 16.7. The number of hydrogen-bond donors (Lipinski definition) is 0. The zero-order chi connectivity index (χ0) is 6.24. The monoisotopic (exact) mass is 218 g/mol. The van der Waals surface area contributed by atoms with Crippen LogP contribution in [0.3, 0.4) is 0 Å². The summed E-state index contributed by atoms with van der Waals surface area (Å²) in [5.41, 5.74) is 0. The molecule has 0 unspecified atom stereocenters. The molecule has 0 aromatic carbocycles. The van der Waals surface area contributed by atoms with Crippen molar-refractivity contribution in [2.24, 2.45) is 0 Å². The normalized spacial score (nSPS) is 7.80. The minimum Gasteiger partial charge on any atom is -1.00 e. The molecule has 0 fully saturated rings. The van der Waals surface area contributed by atoms with E-state index in [9.17, 15) is 0 Å². The van der Waals surface area contributed by atoms with Crippen LogP contribution in [0, 0.1) is 6.92 Å². The van der Waals surface area contributed by atoms with Gasteiger partial charge in [-0.1, -0.05) is 12.8 Å². The fourth-order valence-corrected chi connectivity index (χ4v) is 0.600. The summed E-state index contributed by atoms with van der Waals surface area (Å²) < 4.78 is 4.87. The van der Waals surface area contributed by atoms with E-state index in [1.54, 1.807) is 7.11 Å². The predicted molar refractivity (Wildman–Crippen MR) is 41.5 cm³/mol. The van der Waals surface area contributed by atoms with Gasteiger partial charge in [0.1, 0.15) is 0 Å². The first kappa shape index (κ1) is 17.3. The second-order valence-corrected chi connectivity index (χ2v) is 1.91. The Morgan fingerprint density at radius 1 is 1.20 bits per heavy atom. The van der Waals surface area contributed by atoms with E-state index in [4.69, 9.17) is 4.74 Å². The van der Waals surface area contributed by atoms with Crippen LogP contribution in [0.2, 0.25) is 0 Å². The fraction of sp³-hybridized carbons (Fsp3) is 0.857. The first-order valence-corrected chi connectivity index (χ1v) is 3.20. The molecule has 0 aliphatic rings. The Morgan fingerprint density at radius 3 is 2.20 bits per heavy atom. The van der Waals surface area contributed by atoms with Crippen LogP contribution in [0.15, 0.2) is 0 Å². The molecule has 0 atom stereocenters. The molecule has 0 saturated heterocycles. The Morgan fingerprint density at radius 2 is 1.80 bits per heavy atom. The van der Waals surface area contributed by atoms with Gasteiger partial charge in [-0.3, -0.25) is 0 Å². The van der Waals surface area contributed by atoms with Crippen molar-refractivity contribution < 1.29 is 21.7 Å². The number of methoxy groups -OCH3 is 1. The van der Waals surface area contributed by atoms with Gasteiger partial charge < -0.3 is 28.6 Å². The third kappa shape index (κ3) is 16.1. The van der Waals surface area contributed by atoms with Gasteiger partial charge in [-0.05, 0) is 6.42 Å². The van der Waals surface area contributed by atoms with Crippen LogP contribution in [-0.4, -0.2) is 36.8 Å². The smallest absolute Gasteiger partial charge is 1.00 e. The Bertz CT molecular complexity index is 38.6. The Kier molecular flexibility index (Phi) is 28.9. The van der Waals surface area contributed by atoms with Gasteiger partial charge in [-0.15, -0.1) is 0 Å². The predicted octanol–water partition coefficient (Wildman–Crippen LogP) is -1.35. The van der Waals surface area contributed by atoms with Crippen molar-refractivity contribution in [3.05, 3.63) is 6.92 Å². The van der Waals surface area contributed by atoms with E-state index in [1.165, 1.54) is 19.3 Å². The Labute approximate surface area is 90.8 Å². The van der Waals surface area contributed by atoms with Crippen molar-refractivity contribution in [3.63, 3.8) is 0 Å². The summed E-state index contributed by atoms with van der Waals surface area (Å²) in [5, 5.41) is 0. The van der Waals surface area contributed by atoms with Crippen LogP contribution in [-0.2, 0) is 4.74 Å². The summed E-state index contributed by atoms with van der Waals surface area (Å²) in [6.45, 7) is 4.65. The maximum atomic E-state index is 4.87. The van der Waals surface area contributed by atoms with Gasteiger partial charge in [0.25, 0.3) is 0 Å². The minimum absolute atomic E-state index is 0. The molecule has 0 aromatic heterocycles. The summed E-state index contributed by atoms with van der Waals surface area (Å²) in [6.07, 6.45) is 4.75. The first-order chi connectivity index (χ1) is 3.91. The molecular formula is C7H15BrMgO. The van der Waals surface area contributed by atoms with Crippen LogP contribution in [0.1, 0.15) is 25.7 Å². The van der Waals surface area contributed by atoms with Gasteiger partial charge >= 0.3 is 23.1 Å². The third-order valence-corrected chi connectivity index (χ3v) is 1.10. The number of ether oxygens (including phenoxy) is 1. The Balaban J connectivity index is -0.000000245. The SMILES string of the molecule is [Br-].[CH2-]CCCCCOC.[Mg+2]. The van der Waals surface area contributed by atoms with E-state index in [1.807, 2.05) is 0 Å². The van der Waals surface area contributed by atoms with Crippen LogP contribution >= 0.6 is 0 Å². The molecule has 3 heteroatoms. The fourth-order valence-electron chi connectivity index (χ4n) is 0.600. The largest absolute Gasteiger partial charge is 2.00 e. The van der Waals surface area contributed by atoms with E-state index in [0.29, 0.717) is 0 Å². The van der Waals surface area contributed by atoms with Crippen LogP contribution < -0.4 is 17.0 Å². The second-order valence-electron chi connectivity index (χ2n) is 1.91. The third-order valence-electron chi connectivity index (χ3n) is 1.10. The van der Waals surface area contributed by atoms with Crippen molar-refractivity contribution in [2.45, 2.75) is 25.7 Å². The quantitative estimate of drug-likeness (QED) is 0.316. The minimum atomic E-state index is 0. The van der Waals surface area contributed by atoms with E-state index in [2.05, 4.69) is 6.92 Å². The summed E-state index contributed by atoms with van der Waals surface area (Å²) >= 11 is 0. The molecule has 0 radical (unpaired) electrons. The van der Waals surface area contributed by atoms with E-state index < -0.39 is 0 Å². The summed E-state index contributed by atoms with van der Waals surface area (Å²) in [7, 11) is 1.74. The number of rotatable bonds is 5. The topological polar surface area (TPSA) is 9.23 Å². The molecule has 0 amide bonds. The van der Waals surface area contributed by atoms with Gasteiger partial charge in [0.05, 0.1) is 0 Å². The molecule has 0 heterocycles. The van der Waals surface area contributed by atoms with Gasteiger partial charge in [0.15, 0.2) is 0 Å². The molecule has 0 aromatic rings. The van der Waals surface area contributed by atoms with Crippen molar-refractivity contribution in [2.75, 3.05) is 13.7 Å². The summed E-state index contributed by atoms with van der Waals surface area (Å²) in [5.74, 6) is 0. The van der Waals surface area contributed by atoms with Crippen LogP contribution in [0.4, 0.5) is 0 Å². The molecule has 0 N–H and O–H groups in total. The van der Waals surface area contributed by atoms with Crippen LogP contribution in [0.25, 0.3) is 0 Å². The van der Waals surface area contributed by atoms with Gasteiger partial charge in [-0.25, -0.2) is 0 Å². The summed E-state index contributed by atoms with van der Waals surface area (Å²) in [4.78, 5) is 0. The van der Waals surface area contributed by atoms with Crippen molar-refractivity contribution in [3.8, 4) is 0 Å². The molecular weight excluding hydrogens is 204 g/mol. The number of hydrogen-bond acceptors (Lipinski definition) is 1. The Hall–Kier alpha value is 1.21. The van der Waals surface area contributed by atoms with Gasteiger partial charge in [-0.2, -0.15) is 6.42 Å². The average molecular weight is 219 g/mol. The molecule has 0 rings (SSSR count). The maximum Gasteiger partial charge on any atom is 2.00 e. The van der Waals surface area contributed by atoms with E-state index in [-0.39, 0.29) is 40.0 Å². The molecule has 10 heavy (non-hydrogen) atoms. The molecule has 0 saturated carbocycles. The number of unbranched alkanes of at least 4 members (excludes halogenated alkanes) is 3. The van der Waals surface area contributed by atoms with Gasteiger partial charge in [0.2, 0.25) is 0 Å². The van der Waals surface area contributed by atoms with E-state index >= 15 is 0 Å². The first-order valence-electron chi connectivity index (χ1n) is 3.20. The molecule has 0 spiro atoms. The maximum absolute atomic E-state index is 4.87. The number of halogens is 1. The van der Waals surface area contributed by atoms with Crippen LogP contribution in [0.5, 0.6) is 0 Å². The standard InChI is InChI=1S/C7H15O.BrH.Mg/c1-3-4-5-6-7-8-2;;/h1,3-7H2,2H3;1H;/q-1;;+2/p-1. The molecule has 1 nitrogen and oxygen atoms in total. The van der Waals surface area contributed by atoms with Crippen molar-refractivity contribution >= 4 is 23.1 Å². The van der Waals surface area contributed by atoms with Gasteiger partial charge in [0, 0.05) is 13.7 Å². The van der Waals surface area contributed by atoms with E-state index in [0.717, 1.165) is 13.0 Å².